The van der Waals surface area contributed by atoms with Crippen molar-refractivity contribution in [2.24, 2.45) is 0 Å². The van der Waals surface area contributed by atoms with Crippen LogP contribution in [0.25, 0.3) is 0 Å². The maximum absolute atomic E-state index is 11.5. The highest BCUT2D eigenvalue weighted by molar-refractivity contribution is 5.87. The molecule has 0 saturated heterocycles. The van der Waals surface area contributed by atoms with Gasteiger partial charge in [0.2, 0.25) is 0 Å². The van der Waals surface area contributed by atoms with Gasteiger partial charge in [0.15, 0.2) is 0 Å². The van der Waals surface area contributed by atoms with E-state index < -0.39 is 5.97 Å². The molecule has 0 spiro atoms. The first-order valence-electron chi connectivity index (χ1n) is 13.6. The second-order valence-corrected chi connectivity index (χ2v) is 9.98. The molecule has 0 radical (unpaired) electrons. The fourth-order valence-corrected chi connectivity index (χ4v) is 3.89. The van der Waals surface area contributed by atoms with Gasteiger partial charge in [-0.15, -0.1) is 0 Å². The lowest BCUT2D eigenvalue weighted by molar-refractivity contribution is -0.140. The van der Waals surface area contributed by atoms with E-state index >= 15 is 0 Å². The van der Waals surface area contributed by atoms with Gasteiger partial charge in [-0.05, 0) is 91.1 Å². The summed E-state index contributed by atoms with van der Waals surface area (Å²) in [5.41, 5.74) is 5.03. The minimum atomic E-state index is -0.403. The fraction of sp³-hybridized carbons (Fsp3) is 0.167. The average Bonchev–Trinajstić information content (AvgIpc) is 2.99. The summed E-state index contributed by atoms with van der Waals surface area (Å²) < 4.78 is 22.3. The van der Waals surface area contributed by atoms with Crippen molar-refractivity contribution in [1.29, 1.82) is 0 Å². The zero-order valence-electron chi connectivity index (χ0n) is 23.9. The van der Waals surface area contributed by atoms with E-state index in [0.717, 1.165) is 40.4 Å². The molecule has 4 aromatic rings. The van der Waals surface area contributed by atoms with Crippen molar-refractivity contribution in [3.05, 3.63) is 144 Å². The van der Waals surface area contributed by atoms with E-state index in [0.29, 0.717) is 29.9 Å². The van der Waals surface area contributed by atoms with E-state index in [1.807, 2.05) is 84.9 Å². The highest BCUT2D eigenvalue weighted by Crippen LogP contribution is 2.25. The summed E-state index contributed by atoms with van der Waals surface area (Å²) in [6.07, 6.45) is 1.41. The van der Waals surface area contributed by atoms with Crippen LogP contribution in [0.1, 0.15) is 36.1 Å². The Labute approximate surface area is 246 Å². The van der Waals surface area contributed by atoms with Gasteiger partial charge in [-0.25, -0.2) is 9.59 Å². The third kappa shape index (κ3) is 9.24. The zero-order valence-corrected chi connectivity index (χ0v) is 23.9. The highest BCUT2D eigenvalue weighted by atomic mass is 16.5. The van der Waals surface area contributed by atoms with E-state index in [-0.39, 0.29) is 12.6 Å². The molecule has 4 aromatic carbocycles. The predicted molar refractivity (Wildman–Crippen MR) is 163 cm³/mol. The number of ether oxygens (including phenoxy) is 4. The fourth-order valence-electron chi connectivity index (χ4n) is 3.89. The lowest BCUT2D eigenvalue weighted by Gasteiger charge is -2.10. The molecule has 0 bridgehead atoms. The summed E-state index contributed by atoms with van der Waals surface area (Å²) in [5, 5.41) is 0. The van der Waals surface area contributed by atoms with Crippen LogP contribution in [0.5, 0.6) is 23.0 Å². The van der Waals surface area contributed by atoms with Crippen LogP contribution in [0.2, 0.25) is 0 Å². The molecule has 0 aliphatic heterocycles. The van der Waals surface area contributed by atoms with Crippen molar-refractivity contribution in [1.82, 2.24) is 0 Å². The van der Waals surface area contributed by atoms with Crippen LogP contribution in [0.4, 0.5) is 0 Å². The largest absolute Gasteiger partial charge is 0.462 e. The minimum absolute atomic E-state index is 0.193. The first-order valence-corrected chi connectivity index (χ1v) is 13.6. The van der Waals surface area contributed by atoms with Crippen molar-refractivity contribution < 1.29 is 28.5 Å². The number of hydrogen-bond acceptors (Lipinski definition) is 6. The molecule has 0 atom stereocenters. The van der Waals surface area contributed by atoms with Gasteiger partial charge < -0.3 is 18.9 Å². The van der Waals surface area contributed by atoms with Gasteiger partial charge in [0, 0.05) is 17.6 Å². The van der Waals surface area contributed by atoms with Crippen LogP contribution in [0.15, 0.2) is 121 Å². The molecule has 42 heavy (non-hydrogen) atoms. The molecule has 0 unspecified atom stereocenters. The summed E-state index contributed by atoms with van der Waals surface area (Å²) in [5.74, 6) is 2.16. The van der Waals surface area contributed by atoms with Gasteiger partial charge in [-0.2, -0.15) is 0 Å². The van der Waals surface area contributed by atoms with E-state index in [1.54, 1.807) is 13.8 Å². The molecule has 0 aromatic heterocycles. The molecule has 6 nitrogen and oxygen atoms in total. The standard InChI is InChI=1S/C36H34O6/c1-25(2)35(37)39-22-21-27-5-13-31(14-6-27)41-32-15-7-28(8-16-32)23-29-9-17-33(18-10-29)42-34-19-11-30(12-20-34)24-40-36(38)26(3)4/h5-20H,1,3,21-24H2,2,4H3. The molecule has 0 amide bonds. The van der Waals surface area contributed by atoms with Gasteiger partial charge in [-0.1, -0.05) is 61.7 Å². The highest BCUT2D eigenvalue weighted by Gasteiger charge is 2.06. The maximum atomic E-state index is 11.5. The average molecular weight is 563 g/mol. The molecule has 0 heterocycles. The first kappa shape index (κ1) is 29.9. The Morgan fingerprint density at radius 1 is 0.524 bits per heavy atom. The van der Waals surface area contributed by atoms with E-state index in [1.165, 1.54) is 5.56 Å². The predicted octanol–water partition coefficient (Wildman–Crippen LogP) is 8.14. The monoisotopic (exact) mass is 562 g/mol. The Morgan fingerprint density at radius 3 is 1.29 bits per heavy atom. The molecule has 0 aliphatic carbocycles. The first-order chi connectivity index (χ1) is 20.2. The normalized spacial score (nSPS) is 10.4. The quantitative estimate of drug-likeness (QED) is 0.121. The maximum Gasteiger partial charge on any atom is 0.333 e. The Hall–Kier alpha value is -5.10. The van der Waals surface area contributed by atoms with Crippen LogP contribution in [0.3, 0.4) is 0 Å². The number of rotatable bonds is 13. The van der Waals surface area contributed by atoms with E-state index in [2.05, 4.69) is 25.3 Å². The molecule has 6 heteroatoms. The van der Waals surface area contributed by atoms with Gasteiger partial charge in [0.05, 0.1) is 6.61 Å². The smallest absolute Gasteiger partial charge is 0.333 e. The number of hydrogen-bond donors (Lipinski definition) is 0. The number of benzene rings is 4. The van der Waals surface area contributed by atoms with Gasteiger partial charge >= 0.3 is 11.9 Å². The molecular weight excluding hydrogens is 528 g/mol. The Kier molecular flexibility index (Phi) is 10.3. The number of carbonyl (C=O) groups is 2. The van der Waals surface area contributed by atoms with Crippen LogP contribution >= 0.6 is 0 Å². The van der Waals surface area contributed by atoms with Crippen LogP contribution in [0, 0.1) is 0 Å². The van der Waals surface area contributed by atoms with Crippen molar-refractivity contribution >= 4 is 11.9 Å². The topological polar surface area (TPSA) is 71.1 Å². The SMILES string of the molecule is C=C(C)C(=O)OCCc1ccc(Oc2ccc(Cc3ccc(Oc4ccc(COC(=O)C(=C)C)cc4)cc3)cc2)cc1. The van der Waals surface area contributed by atoms with Crippen molar-refractivity contribution in [3.8, 4) is 23.0 Å². The Morgan fingerprint density at radius 2 is 0.881 bits per heavy atom. The summed E-state index contributed by atoms with van der Waals surface area (Å²) in [4.78, 5) is 23.0. The second kappa shape index (κ2) is 14.5. The van der Waals surface area contributed by atoms with E-state index in [9.17, 15) is 9.59 Å². The molecule has 0 aliphatic rings. The third-order valence-electron chi connectivity index (χ3n) is 6.26. The van der Waals surface area contributed by atoms with Crippen LogP contribution in [-0.4, -0.2) is 18.5 Å². The number of carbonyl (C=O) groups excluding carboxylic acids is 2. The molecule has 0 saturated carbocycles. The Balaban J connectivity index is 1.23. The molecule has 0 fully saturated rings. The Bertz CT molecular complexity index is 1520. The van der Waals surface area contributed by atoms with Gasteiger partial charge in [0.1, 0.15) is 29.6 Å². The molecule has 214 valence electrons. The van der Waals surface area contributed by atoms with Crippen molar-refractivity contribution in [2.75, 3.05) is 6.61 Å². The summed E-state index contributed by atoms with van der Waals surface area (Å²) in [6, 6.07) is 31.2. The van der Waals surface area contributed by atoms with Crippen molar-refractivity contribution in [2.45, 2.75) is 33.3 Å². The van der Waals surface area contributed by atoms with Crippen molar-refractivity contribution in [3.63, 3.8) is 0 Å². The zero-order chi connectivity index (χ0) is 29.9. The summed E-state index contributed by atoms with van der Waals surface area (Å²) >= 11 is 0. The lowest BCUT2D eigenvalue weighted by Crippen LogP contribution is -2.07. The summed E-state index contributed by atoms with van der Waals surface area (Å²) in [6.45, 7) is 10.9. The minimum Gasteiger partial charge on any atom is -0.462 e. The van der Waals surface area contributed by atoms with E-state index in [4.69, 9.17) is 18.9 Å². The molecule has 4 rings (SSSR count). The van der Waals surface area contributed by atoms with Crippen LogP contribution in [-0.2, 0) is 38.5 Å². The third-order valence-corrected chi connectivity index (χ3v) is 6.26. The second-order valence-electron chi connectivity index (χ2n) is 9.98. The van der Waals surface area contributed by atoms with Gasteiger partial charge in [0.25, 0.3) is 0 Å². The van der Waals surface area contributed by atoms with Crippen LogP contribution < -0.4 is 9.47 Å². The molecule has 0 N–H and O–H groups in total. The molecular formula is C36H34O6. The van der Waals surface area contributed by atoms with Gasteiger partial charge in [-0.3, -0.25) is 0 Å². The lowest BCUT2D eigenvalue weighted by atomic mass is 10.0. The summed E-state index contributed by atoms with van der Waals surface area (Å²) in [7, 11) is 0. The number of esters is 2.